The van der Waals surface area contributed by atoms with Gasteiger partial charge in [0.05, 0.1) is 10.7 Å². The van der Waals surface area contributed by atoms with Crippen molar-refractivity contribution in [3.8, 4) is 5.69 Å². The number of hydrogen-bond acceptors (Lipinski definition) is 5. The van der Waals surface area contributed by atoms with E-state index >= 15 is 0 Å². The van der Waals surface area contributed by atoms with Gasteiger partial charge in [-0.15, -0.1) is 0 Å². The van der Waals surface area contributed by atoms with Crippen LogP contribution in [0.25, 0.3) is 11.8 Å². The molecule has 1 fully saturated rings. The van der Waals surface area contributed by atoms with Gasteiger partial charge in [-0.05, 0) is 85.9 Å². The SMILES string of the molecule is Cn1ccc(S(=O)(=O)[C@H]2CCC3=Cc4c(ccn4-c4ccc(F)cc4)C[C@]3(C(=O)c3ccccn3)C2)n1. The van der Waals surface area contributed by atoms with Gasteiger partial charge in [-0.2, -0.15) is 5.10 Å². The lowest BCUT2D eigenvalue weighted by atomic mass is 9.61. The van der Waals surface area contributed by atoms with E-state index in [4.69, 9.17) is 0 Å². The van der Waals surface area contributed by atoms with E-state index in [9.17, 15) is 17.6 Å². The number of hydrogen-bond donors (Lipinski definition) is 0. The van der Waals surface area contributed by atoms with Crippen molar-refractivity contribution < 1.29 is 17.6 Å². The Morgan fingerprint density at radius 3 is 2.59 bits per heavy atom. The van der Waals surface area contributed by atoms with Crippen LogP contribution in [0.2, 0.25) is 0 Å². The van der Waals surface area contributed by atoms with Crippen molar-refractivity contribution >= 4 is 21.7 Å². The number of sulfone groups is 1. The number of pyridine rings is 1. The number of fused-ring (bicyclic) bond motifs is 2. The Balaban J connectivity index is 1.45. The van der Waals surface area contributed by atoms with E-state index in [-0.39, 0.29) is 23.0 Å². The summed E-state index contributed by atoms with van der Waals surface area (Å²) in [5.74, 6) is -0.476. The lowest BCUT2D eigenvalue weighted by Gasteiger charge is -2.43. The number of allylic oxidation sites excluding steroid dienone is 1. The highest BCUT2D eigenvalue weighted by Gasteiger charge is 2.52. The zero-order chi connectivity index (χ0) is 25.8. The Hall–Kier alpha value is -3.85. The van der Waals surface area contributed by atoms with Crippen LogP contribution in [-0.4, -0.2) is 38.8 Å². The average Bonchev–Trinajstić information content (AvgIpc) is 3.53. The van der Waals surface area contributed by atoms with E-state index in [1.165, 1.54) is 22.9 Å². The molecule has 9 heteroatoms. The molecule has 0 aliphatic heterocycles. The second-order valence-electron chi connectivity index (χ2n) is 9.78. The first kappa shape index (κ1) is 23.5. The molecular formula is C28H25FN4O3S. The van der Waals surface area contributed by atoms with E-state index in [1.54, 1.807) is 49.8 Å². The lowest BCUT2D eigenvalue weighted by molar-refractivity contribution is 0.0796. The number of benzene rings is 1. The van der Waals surface area contributed by atoms with Crippen molar-refractivity contribution in [3.05, 3.63) is 102 Å². The first-order valence-electron chi connectivity index (χ1n) is 12.1. The highest BCUT2D eigenvalue weighted by molar-refractivity contribution is 7.92. The predicted molar refractivity (Wildman–Crippen MR) is 136 cm³/mol. The molecule has 1 saturated carbocycles. The minimum absolute atomic E-state index is 0.0341. The summed E-state index contributed by atoms with van der Waals surface area (Å²) in [6, 6.07) is 14.9. The molecule has 2 aliphatic rings. The highest BCUT2D eigenvalue weighted by atomic mass is 32.2. The quantitative estimate of drug-likeness (QED) is 0.363. The maximum absolute atomic E-state index is 14.1. The van der Waals surface area contributed by atoms with Crippen LogP contribution in [-0.2, 0) is 23.3 Å². The molecule has 3 aromatic heterocycles. The molecule has 188 valence electrons. The molecule has 0 unspecified atom stereocenters. The Bertz CT molecular complexity index is 1640. The number of aromatic nitrogens is 4. The molecule has 4 aromatic rings. The molecule has 0 radical (unpaired) electrons. The molecular weight excluding hydrogens is 491 g/mol. The number of rotatable bonds is 5. The zero-order valence-electron chi connectivity index (χ0n) is 20.2. The Kier molecular flexibility index (Phi) is 5.49. The van der Waals surface area contributed by atoms with Crippen LogP contribution >= 0.6 is 0 Å². The van der Waals surface area contributed by atoms with Crippen molar-refractivity contribution in [2.75, 3.05) is 0 Å². The van der Waals surface area contributed by atoms with Gasteiger partial charge in [0.2, 0.25) is 0 Å². The van der Waals surface area contributed by atoms with Crippen LogP contribution in [0.5, 0.6) is 0 Å². The largest absolute Gasteiger partial charge is 0.317 e. The second-order valence-corrected chi connectivity index (χ2v) is 12.0. The molecule has 0 saturated heterocycles. The van der Waals surface area contributed by atoms with Gasteiger partial charge in [0, 0.05) is 37.0 Å². The summed E-state index contributed by atoms with van der Waals surface area (Å²) in [6.07, 6.45) is 8.51. The Labute approximate surface area is 214 Å². The van der Waals surface area contributed by atoms with Crippen LogP contribution in [0.3, 0.4) is 0 Å². The zero-order valence-corrected chi connectivity index (χ0v) is 21.0. The molecule has 6 rings (SSSR count). The van der Waals surface area contributed by atoms with Gasteiger partial charge in [0.25, 0.3) is 0 Å². The summed E-state index contributed by atoms with van der Waals surface area (Å²) in [6.45, 7) is 0. The molecule has 0 amide bonds. The van der Waals surface area contributed by atoms with E-state index in [0.29, 0.717) is 25.0 Å². The molecule has 7 nitrogen and oxygen atoms in total. The van der Waals surface area contributed by atoms with Crippen molar-refractivity contribution in [2.45, 2.75) is 36.0 Å². The van der Waals surface area contributed by atoms with Crippen molar-refractivity contribution in [1.29, 1.82) is 0 Å². The van der Waals surface area contributed by atoms with Crippen LogP contribution in [0, 0.1) is 11.2 Å². The smallest absolute Gasteiger partial charge is 0.200 e. The van der Waals surface area contributed by atoms with Crippen molar-refractivity contribution in [1.82, 2.24) is 19.3 Å². The monoisotopic (exact) mass is 516 g/mol. The molecule has 0 N–H and O–H groups in total. The van der Waals surface area contributed by atoms with Crippen LogP contribution in [0.4, 0.5) is 4.39 Å². The predicted octanol–water partition coefficient (Wildman–Crippen LogP) is 4.58. The first-order valence-corrected chi connectivity index (χ1v) is 13.7. The molecule has 37 heavy (non-hydrogen) atoms. The molecule has 0 bridgehead atoms. The number of aryl methyl sites for hydroxylation is 1. The third kappa shape index (κ3) is 3.85. The third-order valence-corrected chi connectivity index (χ3v) is 9.68. The topological polar surface area (TPSA) is 86.9 Å². The third-order valence-electron chi connectivity index (χ3n) is 7.60. The fraction of sp³-hybridized carbons (Fsp3) is 0.250. The average molecular weight is 517 g/mol. The standard InChI is InChI=1S/C28H25FN4O3S/c1-32-14-12-26(31-32)37(35,36)23-10-5-20-16-25-19(11-15-33(25)22-8-6-21(29)7-9-22)17-28(20,18-23)27(34)24-4-2-3-13-30-24/h2-4,6-9,11-16,23H,5,10,17-18H2,1H3/t23-,28-/m0/s1. The fourth-order valence-electron chi connectivity index (χ4n) is 5.73. The van der Waals surface area contributed by atoms with E-state index in [2.05, 4.69) is 10.1 Å². The van der Waals surface area contributed by atoms with Gasteiger partial charge >= 0.3 is 0 Å². The van der Waals surface area contributed by atoms with Gasteiger partial charge in [0.1, 0.15) is 11.5 Å². The summed E-state index contributed by atoms with van der Waals surface area (Å²) in [5.41, 5.74) is 2.89. The molecule has 2 aliphatic carbocycles. The minimum atomic E-state index is -3.74. The molecule has 2 atom stereocenters. The summed E-state index contributed by atoms with van der Waals surface area (Å²) in [7, 11) is -2.06. The van der Waals surface area contributed by atoms with Gasteiger partial charge in [-0.1, -0.05) is 11.6 Å². The number of carbonyl (C=O) groups is 1. The number of ketones is 1. The summed E-state index contributed by atoms with van der Waals surface area (Å²) in [5, 5.41) is 3.44. The molecule has 0 spiro atoms. The van der Waals surface area contributed by atoms with Crippen molar-refractivity contribution in [3.63, 3.8) is 0 Å². The normalized spacial score (nSPS) is 21.1. The number of Topliss-reactive ketones (excluding diaryl/α,β-unsaturated/α-hetero) is 1. The second kappa shape index (κ2) is 8.62. The lowest BCUT2D eigenvalue weighted by Crippen LogP contribution is -2.46. The maximum atomic E-state index is 14.1. The van der Waals surface area contributed by atoms with Gasteiger partial charge in [0.15, 0.2) is 20.6 Å². The summed E-state index contributed by atoms with van der Waals surface area (Å²) < 4.78 is 44.1. The fourth-order valence-corrected chi connectivity index (χ4v) is 7.50. The maximum Gasteiger partial charge on any atom is 0.200 e. The number of carbonyl (C=O) groups excluding carboxylic acids is 1. The van der Waals surface area contributed by atoms with Crippen LogP contribution < -0.4 is 0 Å². The van der Waals surface area contributed by atoms with E-state index in [1.807, 2.05) is 22.9 Å². The highest BCUT2D eigenvalue weighted by Crippen LogP contribution is 2.51. The van der Waals surface area contributed by atoms with E-state index in [0.717, 1.165) is 22.5 Å². The Morgan fingerprint density at radius 1 is 1.08 bits per heavy atom. The molecule has 1 aromatic carbocycles. The summed E-state index contributed by atoms with van der Waals surface area (Å²) >= 11 is 0. The first-order chi connectivity index (χ1) is 17.8. The van der Waals surface area contributed by atoms with Gasteiger partial charge in [-0.25, -0.2) is 12.8 Å². The summed E-state index contributed by atoms with van der Waals surface area (Å²) in [4.78, 5) is 18.4. The van der Waals surface area contributed by atoms with Gasteiger partial charge in [-0.3, -0.25) is 14.5 Å². The van der Waals surface area contributed by atoms with Gasteiger partial charge < -0.3 is 4.57 Å². The van der Waals surface area contributed by atoms with Crippen molar-refractivity contribution in [2.24, 2.45) is 12.5 Å². The number of nitrogens with zero attached hydrogens (tertiary/aromatic N) is 4. The van der Waals surface area contributed by atoms with E-state index < -0.39 is 20.5 Å². The molecule has 3 heterocycles. The van der Waals surface area contributed by atoms with Crippen LogP contribution in [0.15, 0.2) is 83.8 Å². The number of halogens is 1. The Morgan fingerprint density at radius 2 is 1.89 bits per heavy atom. The van der Waals surface area contributed by atoms with Crippen LogP contribution in [0.1, 0.15) is 41.0 Å². The minimum Gasteiger partial charge on any atom is -0.317 e.